The smallest absolute Gasteiger partial charge is 0.350 e. The van der Waals surface area contributed by atoms with Gasteiger partial charge in [-0.05, 0) is 36.6 Å². The summed E-state index contributed by atoms with van der Waals surface area (Å²) in [5, 5.41) is 13.9. The second-order valence-corrected chi connectivity index (χ2v) is 10.6. The Hall–Kier alpha value is -4.17. The molecule has 3 heterocycles. The van der Waals surface area contributed by atoms with Gasteiger partial charge in [-0.2, -0.15) is 9.97 Å². The van der Waals surface area contributed by atoms with Gasteiger partial charge in [0.2, 0.25) is 5.28 Å². The SMILES string of the molecule is CCOC(=O)C(Cc1ccccc1)(OC[C@H]1O[C@@H](n2cnc3c(NCc4ccccc4)nc(Cl)nc32)[C@@H](F)[C@@H]1O)C(=O)OCC. The van der Waals surface area contributed by atoms with E-state index in [4.69, 9.17) is 30.5 Å². The Morgan fingerprint density at radius 1 is 1.02 bits per heavy atom. The number of esters is 2. The monoisotopic (exact) mass is 641 g/mol. The number of anilines is 1. The van der Waals surface area contributed by atoms with Crippen LogP contribution in [0.15, 0.2) is 67.0 Å². The van der Waals surface area contributed by atoms with Crippen LogP contribution in [0, 0.1) is 0 Å². The number of alkyl halides is 1. The fourth-order valence-electron chi connectivity index (χ4n) is 5.05. The van der Waals surface area contributed by atoms with E-state index < -0.39 is 48.8 Å². The molecule has 0 spiro atoms. The lowest BCUT2D eigenvalue weighted by molar-refractivity contribution is -0.197. The van der Waals surface area contributed by atoms with E-state index in [0.717, 1.165) is 5.56 Å². The second kappa shape index (κ2) is 14.3. The Morgan fingerprint density at radius 3 is 2.27 bits per heavy atom. The number of carbonyl (C=O) groups is 2. The van der Waals surface area contributed by atoms with Gasteiger partial charge in [0.15, 0.2) is 29.4 Å². The molecule has 238 valence electrons. The van der Waals surface area contributed by atoms with Gasteiger partial charge in [-0.3, -0.25) is 4.57 Å². The van der Waals surface area contributed by atoms with Gasteiger partial charge in [-0.15, -0.1) is 0 Å². The number of hydrogen-bond acceptors (Lipinski definition) is 11. The van der Waals surface area contributed by atoms with Crippen LogP contribution in [0.5, 0.6) is 0 Å². The number of aliphatic hydroxyl groups excluding tert-OH is 1. The first-order valence-electron chi connectivity index (χ1n) is 14.4. The zero-order valence-electron chi connectivity index (χ0n) is 24.6. The number of nitrogens with one attached hydrogen (secondary N) is 1. The number of carbonyl (C=O) groups excluding carboxylic acids is 2. The minimum absolute atomic E-state index is 0.0321. The molecule has 2 aromatic carbocycles. The molecule has 14 heteroatoms. The third-order valence-electron chi connectivity index (χ3n) is 7.27. The van der Waals surface area contributed by atoms with Gasteiger partial charge in [-0.25, -0.2) is 19.0 Å². The standard InChI is InChI=1S/C31H33ClFN5O7/c1-3-42-28(40)31(29(41)43-4-2,15-19-11-7-5-8-12-19)44-17-21-24(39)22(33)27(45-21)38-18-35-23-25(36-30(32)37-26(23)38)34-16-20-13-9-6-10-14-20/h5-14,18,21-22,24,27,39H,3-4,15-17H2,1-2H3,(H,34,36,37)/t21-,22+,24-,27-/m1/s1. The summed E-state index contributed by atoms with van der Waals surface area (Å²) in [5.74, 6) is -1.62. The number of halogens is 2. The van der Waals surface area contributed by atoms with Crippen molar-refractivity contribution in [1.82, 2.24) is 19.5 Å². The molecule has 4 atom stereocenters. The number of nitrogens with zero attached hydrogens (tertiary/aromatic N) is 4. The quantitative estimate of drug-likeness (QED) is 0.125. The average Bonchev–Trinajstić information content (AvgIpc) is 3.59. The van der Waals surface area contributed by atoms with Crippen LogP contribution in [0.25, 0.3) is 11.2 Å². The first kappa shape index (κ1) is 32.2. The molecule has 0 amide bonds. The van der Waals surface area contributed by atoms with E-state index in [1.165, 1.54) is 10.9 Å². The first-order chi connectivity index (χ1) is 21.8. The largest absolute Gasteiger partial charge is 0.463 e. The predicted octanol–water partition coefficient (Wildman–Crippen LogP) is 3.81. The minimum atomic E-state index is -2.23. The number of benzene rings is 2. The third kappa shape index (κ3) is 6.91. The Labute approximate surface area is 263 Å². The van der Waals surface area contributed by atoms with E-state index in [1.54, 1.807) is 44.2 Å². The average molecular weight is 642 g/mol. The molecule has 0 bridgehead atoms. The predicted molar refractivity (Wildman–Crippen MR) is 161 cm³/mol. The molecule has 0 saturated carbocycles. The van der Waals surface area contributed by atoms with Crippen molar-refractivity contribution in [2.75, 3.05) is 25.1 Å². The van der Waals surface area contributed by atoms with Crippen molar-refractivity contribution in [3.63, 3.8) is 0 Å². The van der Waals surface area contributed by atoms with Gasteiger partial charge in [0.25, 0.3) is 5.60 Å². The van der Waals surface area contributed by atoms with Crippen molar-refractivity contribution < 1.29 is 38.0 Å². The zero-order valence-corrected chi connectivity index (χ0v) is 25.4. The molecule has 1 aliphatic heterocycles. The summed E-state index contributed by atoms with van der Waals surface area (Å²) < 4.78 is 39.3. The van der Waals surface area contributed by atoms with Crippen molar-refractivity contribution in [1.29, 1.82) is 0 Å². The van der Waals surface area contributed by atoms with E-state index in [-0.39, 0.29) is 30.6 Å². The molecule has 0 unspecified atom stereocenters. The lowest BCUT2D eigenvalue weighted by atomic mass is 9.93. The minimum Gasteiger partial charge on any atom is -0.463 e. The summed E-state index contributed by atoms with van der Waals surface area (Å²) in [6.45, 7) is 2.99. The number of aromatic nitrogens is 4. The highest BCUT2D eigenvalue weighted by Crippen LogP contribution is 2.36. The topological polar surface area (TPSA) is 147 Å². The molecular weight excluding hydrogens is 609 g/mol. The first-order valence-corrected chi connectivity index (χ1v) is 14.8. The summed E-state index contributed by atoms with van der Waals surface area (Å²) in [5.41, 5.74) is -0.175. The highest BCUT2D eigenvalue weighted by molar-refractivity contribution is 6.28. The van der Waals surface area contributed by atoms with Gasteiger partial charge >= 0.3 is 11.9 Å². The molecular formula is C31H33ClFN5O7. The number of fused-ring (bicyclic) bond motifs is 1. The lowest BCUT2D eigenvalue weighted by Gasteiger charge is -2.30. The highest BCUT2D eigenvalue weighted by Gasteiger charge is 2.53. The van der Waals surface area contributed by atoms with E-state index in [9.17, 15) is 14.7 Å². The summed E-state index contributed by atoms with van der Waals surface area (Å²) in [7, 11) is 0. The van der Waals surface area contributed by atoms with Gasteiger partial charge in [-0.1, -0.05) is 60.7 Å². The fourth-order valence-corrected chi connectivity index (χ4v) is 5.21. The van der Waals surface area contributed by atoms with Crippen LogP contribution < -0.4 is 5.32 Å². The van der Waals surface area contributed by atoms with Crippen LogP contribution in [-0.2, 0) is 41.5 Å². The number of ether oxygens (including phenoxy) is 4. The van der Waals surface area contributed by atoms with Crippen molar-refractivity contribution in [3.8, 4) is 0 Å². The second-order valence-electron chi connectivity index (χ2n) is 10.2. The number of rotatable bonds is 13. The Balaban J connectivity index is 1.39. The molecule has 4 aromatic rings. The van der Waals surface area contributed by atoms with Crippen molar-refractivity contribution >= 4 is 40.5 Å². The van der Waals surface area contributed by atoms with Gasteiger partial charge in [0, 0.05) is 13.0 Å². The number of aliphatic hydroxyl groups is 1. The molecule has 5 rings (SSSR count). The maximum atomic E-state index is 15.7. The normalized spacial score (nSPS) is 19.8. The highest BCUT2D eigenvalue weighted by atomic mass is 35.5. The van der Waals surface area contributed by atoms with Crippen LogP contribution >= 0.6 is 11.6 Å². The fraction of sp³-hybridized carbons (Fsp3) is 0.387. The molecule has 0 aliphatic carbocycles. The molecule has 12 nitrogen and oxygen atoms in total. The summed E-state index contributed by atoms with van der Waals surface area (Å²) >= 11 is 6.22. The molecule has 1 fully saturated rings. The molecule has 45 heavy (non-hydrogen) atoms. The zero-order chi connectivity index (χ0) is 32.0. The van der Waals surface area contributed by atoms with Crippen molar-refractivity contribution in [2.45, 2.75) is 57.0 Å². The summed E-state index contributed by atoms with van der Waals surface area (Å²) in [4.78, 5) is 39.4. The van der Waals surface area contributed by atoms with Crippen LogP contribution in [0.4, 0.5) is 10.2 Å². The Bertz CT molecular complexity index is 1590. The number of imidazole rings is 1. The van der Waals surface area contributed by atoms with Crippen LogP contribution in [-0.4, -0.2) is 80.4 Å². The summed E-state index contributed by atoms with van der Waals surface area (Å²) in [6, 6.07) is 18.3. The van der Waals surface area contributed by atoms with Crippen molar-refractivity contribution in [3.05, 3.63) is 83.4 Å². The molecule has 1 saturated heterocycles. The summed E-state index contributed by atoms with van der Waals surface area (Å²) in [6.07, 6.45) is -5.25. The maximum Gasteiger partial charge on any atom is 0.350 e. The molecule has 2 aromatic heterocycles. The Kier molecular flexibility index (Phi) is 10.2. The van der Waals surface area contributed by atoms with Gasteiger partial charge in [0.1, 0.15) is 12.2 Å². The van der Waals surface area contributed by atoms with Crippen LogP contribution in [0.3, 0.4) is 0 Å². The molecule has 1 aliphatic rings. The van der Waals surface area contributed by atoms with Crippen LogP contribution in [0.2, 0.25) is 5.28 Å². The van der Waals surface area contributed by atoms with Crippen molar-refractivity contribution in [2.24, 2.45) is 0 Å². The van der Waals surface area contributed by atoms with Gasteiger partial charge in [0.05, 0.1) is 26.1 Å². The molecule has 0 radical (unpaired) electrons. The van der Waals surface area contributed by atoms with E-state index >= 15 is 4.39 Å². The third-order valence-corrected chi connectivity index (χ3v) is 7.43. The maximum absolute atomic E-state index is 15.7. The van der Waals surface area contributed by atoms with Gasteiger partial charge < -0.3 is 29.4 Å². The Morgan fingerprint density at radius 2 is 1.64 bits per heavy atom. The number of hydrogen-bond donors (Lipinski definition) is 2. The van der Waals surface area contributed by atoms with E-state index in [2.05, 4.69) is 20.3 Å². The van der Waals surface area contributed by atoms with E-state index in [1.807, 2.05) is 30.3 Å². The van der Waals surface area contributed by atoms with Crippen LogP contribution in [0.1, 0.15) is 31.2 Å². The lowest BCUT2D eigenvalue weighted by Crippen LogP contribution is -2.54. The molecule has 2 N–H and O–H groups in total. The van der Waals surface area contributed by atoms with E-state index in [0.29, 0.717) is 23.4 Å².